The zero-order chi connectivity index (χ0) is 10.3. The van der Waals surface area contributed by atoms with E-state index in [1.807, 2.05) is 0 Å². The summed E-state index contributed by atoms with van der Waals surface area (Å²) in [5.74, 6) is 0. The van der Waals surface area contributed by atoms with E-state index in [1.54, 1.807) is 0 Å². The first-order chi connectivity index (χ1) is 6.15. The van der Waals surface area contributed by atoms with Crippen molar-refractivity contribution in [2.75, 3.05) is 0 Å². The first-order valence-corrected chi connectivity index (χ1v) is 2.91. The maximum absolute atomic E-state index is 9.95. The minimum absolute atomic E-state index is 0.318. The SMILES string of the molecule is N#CC=C(C#N)C(C#N)=C[N+](=O)[O-]. The van der Waals surface area contributed by atoms with Crippen molar-refractivity contribution in [3.8, 4) is 18.2 Å². The first-order valence-electron chi connectivity index (χ1n) is 2.91. The van der Waals surface area contributed by atoms with Crippen molar-refractivity contribution in [1.29, 1.82) is 15.8 Å². The average molecular weight is 174 g/mol. The topological polar surface area (TPSA) is 115 Å². The Labute approximate surface area is 73.4 Å². The lowest BCUT2D eigenvalue weighted by Gasteiger charge is -1.86. The third-order valence-electron chi connectivity index (χ3n) is 0.974. The molecule has 0 aliphatic carbocycles. The predicted molar refractivity (Wildman–Crippen MR) is 40.0 cm³/mol. The predicted octanol–water partition coefficient (Wildman–Crippen LogP) is 0.644. The van der Waals surface area contributed by atoms with E-state index in [4.69, 9.17) is 15.8 Å². The number of allylic oxidation sites excluding steroid dienone is 3. The molecule has 6 heteroatoms. The molecule has 0 N–H and O–H groups in total. The summed E-state index contributed by atoms with van der Waals surface area (Å²) in [5, 5.41) is 34.9. The Bertz CT molecular complexity index is 400. The highest BCUT2D eigenvalue weighted by atomic mass is 16.6. The van der Waals surface area contributed by atoms with Gasteiger partial charge in [-0.25, -0.2) is 0 Å². The third kappa shape index (κ3) is 3.31. The van der Waals surface area contributed by atoms with E-state index in [2.05, 4.69) is 0 Å². The molecule has 0 spiro atoms. The van der Waals surface area contributed by atoms with Gasteiger partial charge in [-0.2, -0.15) is 15.8 Å². The second-order valence-corrected chi connectivity index (χ2v) is 1.74. The Morgan fingerprint density at radius 2 is 1.77 bits per heavy atom. The molecule has 0 bridgehead atoms. The lowest BCUT2D eigenvalue weighted by atomic mass is 10.1. The number of nitro groups is 1. The van der Waals surface area contributed by atoms with E-state index >= 15 is 0 Å². The standard InChI is InChI=1S/C7H2N4O2/c8-2-1-6(3-9)7(4-10)5-11(12)13/h1,5H. The first kappa shape index (κ1) is 10.3. The highest BCUT2D eigenvalue weighted by Crippen LogP contribution is 2.06. The molecule has 0 aliphatic heterocycles. The highest BCUT2D eigenvalue weighted by Gasteiger charge is 2.07. The fraction of sp³-hybridized carbons (Fsp3) is 0. The number of rotatable bonds is 2. The summed E-state index contributed by atoms with van der Waals surface area (Å²) < 4.78 is 0. The van der Waals surface area contributed by atoms with Gasteiger partial charge in [0, 0.05) is 6.08 Å². The summed E-state index contributed by atoms with van der Waals surface area (Å²) in [6.07, 6.45) is 1.16. The maximum Gasteiger partial charge on any atom is 0.253 e. The van der Waals surface area contributed by atoms with E-state index in [-0.39, 0.29) is 5.57 Å². The van der Waals surface area contributed by atoms with Crippen LogP contribution in [0.15, 0.2) is 23.4 Å². The summed E-state index contributed by atoms with van der Waals surface area (Å²) in [6.45, 7) is 0. The fourth-order valence-electron chi connectivity index (χ4n) is 0.499. The Morgan fingerprint density at radius 3 is 2.08 bits per heavy atom. The molecule has 62 valence electrons. The zero-order valence-electron chi connectivity index (χ0n) is 6.26. The van der Waals surface area contributed by atoms with Crippen LogP contribution in [0.25, 0.3) is 0 Å². The van der Waals surface area contributed by atoms with Crippen LogP contribution in [-0.4, -0.2) is 4.92 Å². The van der Waals surface area contributed by atoms with Gasteiger partial charge in [-0.05, 0) is 0 Å². The minimum atomic E-state index is -0.860. The van der Waals surface area contributed by atoms with Crippen LogP contribution in [0.3, 0.4) is 0 Å². The molecule has 0 aromatic rings. The van der Waals surface area contributed by atoms with Crippen LogP contribution in [-0.2, 0) is 0 Å². The second kappa shape index (κ2) is 5.06. The van der Waals surface area contributed by atoms with E-state index < -0.39 is 10.5 Å². The van der Waals surface area contributed by atoms with Gasteiger partial charge >= 0.3 is 0 Å². The van der Waals surface area contributed by atoms with Crippen LogP contribution in [0.1, 0.15) is 0 Å². The lowest BCUT2D eigenvalue weighted by molar-refractivity contribution is -0.403. The smallest absolute Gasteiger partial charge is 0.253 e. The summed E-state index contributed by atoms with van der Waals surface area (Å²) in [7, 11) is 0. The highest BCUT2D eigenvalue weighted by molar-refractivity contribution is 5.50. The van der Waals surface area contributed by atoms with Gasteiger partial charge in [0.2, 0.25) is 0 Å². The Morgan fingerprint density at radius 1 is 1.23 bits per heavy atom. The van der Waals surface area contributed by atoms with Gasteiger partial charge in [0.25, 0.3) is 6.20 Å². The van der Waals surface area contributed by atoms with Crippen LogP contribution >= 0.6 is 0 Å². The van der Waals surface area contributed by atoms with Gasteiger partial charge in [0.05, 0.1) is 16.6 Å². The van der Waals surface area contributed by atoms with Gasteiger partial charge in [0.1, 0.15) is 17.7 Å². The molecule has 0 radical (unpaired) electrons. The van der Waals surface area contributed by atoms with Gasteiger partial charge in [-0.15, -0.1) is 0 Å². The van der Waals surface area contributed by atoms with Crippen LogP contribution < -0.4 is 0 Å². The number of nitriles is 3. The molecule has 0 aliphatic rings. The molecule has 0 aromatic heterocycles. The van der Waals surface area contributed by atoms with Gasteiger partial charge in [-0.1, -0.05) is 0 Å². The molecular weight excluding hydrogens is 172 g/mol. The fourth-order valence-corrected chi connectivity index (χ4v) is 0.499. The second-order valence-electron chi connectivity index (χ2n) is 1.74. The number of hydrogen-bond acceptors (Lipinski definition) is 5. The molecule has 0 heterocycles. The van der Waals surface area contributed by atoms with Crippen molar-refractivity contribution in [1.82, 2.24) is 0 Å². The summed E-state index contributed by atoms with van der Waals surface area (Å²) in [5.41, 5.74) is -0.754. The van der Waals surface area contributed by atoms with E-state index in [0.29, 0.717) is 6.20 Å². The van der Waals surface area contributed by atoms with Crippen LogP contribution in [0.5, 0.6) is 0 Å². The monoisotopic (exact) mass is 174 g/mol. The Balaban J connectivity index is 5.17. The van der Waals surface area contributed by atoms with Crippen molar-refractivity contribution < 1.29 is 4.92 Å². The third-order valence-corrected chi connectivity index (χ3v) is 0.974. The quantitative estimate of drug-likeness (QED) is 0.263. The van der Waals surface area contributed by atoms with Crippen molar-refractivity contribution >= 4 is 0 Å². The molecule has 0 saturated heterocycles. The average Bonchev–Trinajstić information content (AvgIpc) is 2.10. The molecule has 0 unspecified atom stereocenters. The number of nitrogens with zero attached hydrogens (tertiary/aromatic N) is 4. The van der Waals surface area contributed by atoms with Crippen molar-refractivity contribution in [2.45, 2.75) is 0 Å². The van der Waals surface area contributed by atoms with E-state index in [1.165, 1.54) is 18.2 Å². The normalized spacial score (nSPS) is 10.8. The van der Waals surface area contributed by atoms with E-state index in [9.17, 15) is 10.1 Å². The van der Waals surface area contributed by atoms with Gasteiger partial charge < -0.3 is 0 Å². The van der Waals surface area contributed by atoms with Crippen LogP contribution in [0.2, 0.25) is 0 Å². The molecule has 0 atom stereocenters. The summed E-state index contributed by atoms with van der Waals surface area (Å²) in [4.78, 5) is 9.09. The largest absolute Gasteiger partial charge is 0.259 e. The minimum Gasteiger partial charge on any atom is -0.259 e. The molecule has 0 rings (SSSR count). The van der Waals surface area contributed by atoms with Crippen LogP contribution in [0, 0.1) is 44.1 Å². The summed E-state index contributed by atoms with van der Waals surface area (Å²) >= 11 is 0. The van der Waals surface area contributed by atoms with Crippen molar-refractivity contribution in [2.24, 2.45) is 0 Å². The number of hydrogen-bond donors (Lipinski definition) is 0. The van der Waals surface area contributed by atoms with Crippen molar-refractivity contribution in [3.05, 3.63) is 33.5 Å². The van der Waals surface area contributed by atoms with Gasteiger partial charge in [0.15, 0.2) is 0 Å². The molecular formula is C7H2N4O2. The molecule has 0 aromatic carbocycles. The molecule has 0 saturated carbocycles. The molecule has 13 heavy (non-hydrogen) atoms. The van der Waals surface area contributed by atoms with Crippen molar-refractivity contribution in [3.63, 3.8) is 0 Å². The zero-order valence-corrected chi connectivity index (χ0v) is 6.26. The molecule has 0 fully saturated rings. The molecule has 6 nitrogen and oxygen atoms in total. The Kier molecular flexibility index (Phi) is 4.03. The van der Waals surface area contributed by atoms with E-state index in [0.717, 1.165) is 6.08 Å². The molecule has 0 amide bonds. The van der Waals surface area contributed by atoms with Gasteiger partial charge in [-0.3, -0.25) is 10.1 Å². The summed E-state index contributed by atoms with van der Waals surface area (Å²) in [6, 6.07) is 4.46. The maximum atomic E-state index is 9.95. The lowest BCUT2D eigenvalue weighted by Crippen LogP contribution is -1.91. The Hall–Kier alpha value is -2.65. The van der Waals surface area contributed by atoms with Crippen LogP contribution in [0.4, 0.5) is 0 Å².